The highest BCUT2D eigenvalue weighted by molar-refractivity contribution is 7.10. The first-order valence-electron chi connectivity index (χ1n) is 10.3. The van der Waals surface area contributed by atoms with Crippen LogP contribution < -0.4 is 16.0 Å². The zero-order chi connectivity index (χ0) is 23.0. The van der Waals surface area contributed by atoms with E-state index in [0.29, 0.717) is 23.6 Å². The van der Waals surface area contributed by atoms with Crippen LogP contribution in [0.2, 0.25) is 5.02 Å². The van der Waals surface area contributed by atoms with Crippen LogP contribution in [-0.4, -0.2) is 40.6 Å². The van der Waals surface area contributed by atoms with E-state index in [0.717, 1.165) is 21.7 Å². The van der Waals surface area contributed by atoms with Gasteiger partial charge in [-0.2, -0.15) is 0 Å². The SMILES string of the molecule is Cc1ccc(NC(C)C(=O)NCc2scc3c2CN(C2CCC(=O)NC2=O)C3=O)cc1Cl. The van der Waals surface area contributed by atoms with Crippen LogP contribution in [0, 0.1) is 6.92 Å². The minimum Gasteiger partial charge on any atom is -0.374 e. The number of benzene rings is 1. The molecule has 1 aromatic carbocycles. The number of fused-ring (bicyclic) bond motifs is 1. The predicted octanol–water partition coefficient (Wildman–Crippen LogP) is 2.59. The molecule has 0 spiro atoms. The standard InChI is InChI=1S/C22H23ClN4O4S/c1-11-3-4-13(7-16(11)23)25-12(2)20(29)24-8-18-14-9-27(22(31)15(14)10-32-18)17-5-6-19(28)26-21(17)30/h3-4,7,10,12,17,25H,5-6,8-9H2,1-2H3,(H,24,29)(H,26,28,30). The average molecular weight is 475 g/mol. The summed E-state index contributed by atoms with van der Waals surface area (Å²) >= 11 is 7.56. The third-order valence-corrected chi connectivity index (χ3v) is 7.19. The van der Waals surface area contributed by atoms with Crippen molar-refractivity contribution in [2.24, 2.45) is 0 Å². The van der Waals surface area contributed by atoms with E-state index in [4.69, 9.17) is 11.6 Å². The van der Waals surface area contributed by atoms with Gasteiger partial charge in [0.1, 0.15) is 12.1 Å². The maximum Gasteiger partial charge on any atom is 0.256 e. The van der Waals surface area contributed by atoms with Gasteiger partial charge in [-0.15, -0.1) is 11.3 Å². The van der Waals surface area contributed by atoms with E-state index in [1.807, 2.05) is 19.1 Å². The number of halogens is 1. The maximum atomic E-state index is 12.8. The van der Waals surface area contributed by atoms with Crippen LogP contribution in [0.4, 0.5) is 5.69 Å². The largest absolute Gasteiger partial charge is 0.374 e. The van der Waals surface area contributed by atoms with E-state index < -0.39 is 18.0 Å². The van der Waals surface area contributed by atoms with Crippen molar-refractivity contribution in [1.82, 2.24) is 15.5 Å². The highest BCUT2D eigenvalue weighted by Gasteiger charge is 2.40. The van der Waals surface area contributed by atoms with Crippen molar-refractivity contribution in [3.8, 4) is 0 Å². The summed E-state index contributed by atoms with van der Waals surface area (Å²) in [5.41, 5.74) is 3.10. The molecule has 3 heterocycles. The Morgan fingerprint density at radius 2 is 2.12 bits per heavy atom. The van der Waals surface area contributed by atoms with E-state index in [-0.39, 0.29) is 30.7 Å². The Balaban J connectivity index is 1.37. The summed E-state index contributed by atoms with van der Waals surface area (Å²) in [5.74, 6) is -1.15. The fourth-order valence-electron chi connectivity index (χ4n) is 3.87. The fourth-order valence-corrected chi connectivity index (χ4v) is 5.03. The number of hydrogen-bond acceptors (Lipinski definition) is 6. The molecule has 0 bridgehead atoms. The van der Waals surface area contributed by atoms with Crippen LogP contribution in [0.15, 0.2) is 23.6 Å². The molecule has 3 N–H and O–H groups in total. The molecule has 0 radical (unpaired) electrons. The molecule has 2 atom stereocenters. The van der Waals surface area contributed by atoms with Gasteiger partial charge in [0, 0.05) is 33.9 Å². The third-order valence-electron chi connectivity index (χ3n) is 5.76. The summed E-state index contributed by atoms with van der Waals surface area (Å²) in [4.78, 5) is 51.3. The minimum absolute atomic E-state index is 0.185. The quantitative estimate of drug-likeness (QED) is 0.558. The highest BCUT2D eigenvalue weighted by atomic mass is 35.5. The first-order valence-corrected chi connectivity index (χ1v) is 11.5. The van der Waals surface area contributed by atoms with Gasteiger partial charge in [0.25, 0.3) is 5.91 Å². The van der Waals surface area contributed by atoms with E-state index in [9.17, 15) is 19.2 Å². The molecular formula is C22H23ClN4O4S. The topological polar surface area (TPSA) is 108 Å². The molecule has 4 rings (SSSR count). The molecule has 168 valence electrons. The molecule has 2 aliphatic rings. The number of carbonyl (C=O) groups is 4. The lowest BCUT2D eigenvalue weighted by Crippen LogP contribution is -2.52. The number of aryl methyl sites for hydroxylation is 1. The van der Waals surface area contributed by atoms with Gasteiger partial charge >= 0.3 is 0 Å². The number of nitrogens with one attached hydrogen (secondary N) is 3. The van der Waals surface area contributed by atoms with E-state index in [1.54, 1.807) is 18.4 Å². The second kappa shape index (κ2) is 8.91. The van der Waals surface area contributed by atoms with Crippen molar-refractivity contribution in [2.45, 2.75) is 51.9 Å². The Morgan fingerprint density at radius 3 is 2.84 bits per heavy atom. The van der Waals surface area contributed by atoms with Crippen molar-refractivity contribution in [2.75, 3.05) is 5.32 Å². The summed E-state index contributed by atoms with van der Waals surface area (Å²) in [6, 6.07) is 4.40. The summed E-state index contributed by atoms with van der Waals surface area (Å²) in [6.07, 6.45) is 0.537. The molecule has 8 nitrogen and oxygen atoms in total. The number of nitrogens with zero attached hydrogens (tertiary/aromatic N) is 1. The van der Waals surface area contributed by atoms with Gasteiger partial charge in [0.15, 0.2) is 0 Å². The van der Waals surface area contributed by atoms with Gasteiger partial charge in [-0.05, 0) is 43.5 Å². The monoisotopic (exact) mass is 474 g/mol. The zero-order valence-corrected chi connectivity index (χ0v) is 19.2. The van der Waals surface area contributed by atoms with Crippen molar-refractivity contribution >= 4 is 52.3 Å². The van der Waals surface area contributed by atoms with Gasteiger partial charge in [0.2, 0.25) is 17.7 Å². The number of thiophene rings is 1. The fraction of sp³-hybridized carbons (Fsp3) is 0.364. The molecule has 1 fully saturated rings. The Morgan fingerprint density at radius 1 is 1.34 bits per heavy atom. The first kappa shape index (κ1) is 22.3. The Kier molecular flexibility index (Phi) is 6.21. The summed E-state index contributed by atoms with van der Waals surface area (Å²) in [6.45, 7) is 4.25. The van der Waals surface area contributed by atoms with Crippen LogP contribution >= 0.6 is 22.9 Å². The normalized spacial score (nSPS) is 18.9. The van der Waals surface area contributed by atoms with Gasteiger partial charge in [-0.25, -0.2) is 0 Å². The van der Waals surface area contributed by atoms with Gasteiger partial charge < -0.3 is 15.5 Å². The van der Waals surface area contributed by atoms with Crippen LogP contribution in [-0.2, 0) is 27.5 Å². The number of anilines is 1. The molecule has 32 heavy (non-hydrogen) atoms. The molecule has 0 aliphatic carbocycles. The molecule has 1 aromatic heterocycles. The first-order chi connectivity index (χ1) is 15.2. The van der Waals surface area contributed by atoms with Crippen molar-refractivity contribution in [3.05, 3.63) is 50.2 Å². The average Bonchev–Trinajstić information content (AvgIpc) is 3.29. The van der Waals surface area contributed by atoms with Crippen LogP contribution in [0.1, 0.15) is 46.1 Å². The lowest BCUT2D eigenvalue weighted by atomic mass is 10.0. The number of carbonyl (C=O) groups excluding carboxylic acids is 4. The lowest BCUT2D eigenvalue weighted by Gasteiger charge is -2.29. The Labute approximate surface area is 194 Å². The minimum atomic E-state index is -0.648. The number of hydrogen-bond donors (Lipinski definition) is 3. The maximum absolute atomic E-state index is 12.8. The van der Waals surface area contributed by atoms with Crippen LogP contribution in [0.5, 0.6) is 0 Å². The number of piperidine rings is 1. The summed E-state index contributed by atoms with van der Waals surface area (Å²) in [5, 5.41) is 10.7. The second-order valence-corrected chi connectivity index (χ2v) is 9.37. The highest BCUT2D eigenvalue weighted by Crippen LogP contribution is 2.33. The van der Waals surface area contributed by atoms with Crippen LogP contribution in [0.25, 0.3) is 0 Å². The Bertz CT molecular complexity index is 1120. The molecular weight excluding hydrogens is 452 g/mol. The number of amides is 4. The van der Waals surface area contributed by atoms with Crippen molar-refractivity contribution < 1.29 is 19.2 Å². The molecule has 4 amide bonds. The lowest BCUT2D eigenvalue weighted by molar-refractivity contribution is -0.137. The molecule has 2 aliphatic heterocycles. The molecule has 2 unspecified atom stereocenters. The van der Waals surface area contributed by atoms with E-state index in [1.165, 1.54) is 16.2 Å². The van der Waals surface area contributed by atoms with Crippen LogP contribution in [0.3, 0.4) is 0 Å². The third kappa shape index (κ3) is 4.35. The molecule has 1 saturated heterocycles. The predicted molar refractivity (Wildman–Crippen MR) is 121 cm³/mol. The van der Waals surface area contributed by atoms with E-state index in [2.05, 4.69) is 16.0 Å². The van der Waals surface area contributed by atoms with Gasteiger partial charge in [0.05, 0.1) is 12.1 Å². The van der Waals surface area contributed by atoms with Crippen molar-refractivity contribution in [1.29, 1.82) is 0 Å². The molecule has 2 aromatic rings. The summed E-state index contributed by atoms with van der Waals surface area (Å²) in [7, 11) is 0. The number of imide groups is 1. The summed E-state index contributed by atoms with van der Waals surface area (Å²) < 4.78 is 0. The molecule has 10 heteroatoms. The van der Waals surface area contributed by atoms with Gasteiger partial charge in [-0.3, -0.25) is 24.5 Å². The zero-order valence-electron chi connectivity index (χ0n) is 17.7. The van der Waals surface area contributed by atoms with Crippen molar-refractivity contribution in [3.63, 3.8) is 0 Å². The smallest absolute Gasteiger partial charge is 0.256 e. The molecule has 0 saturated carbocycles. The van der Waals surface area contributed by atoms with Gasteiger partial charge in [-0.1, -0.05) is 17.7 Å². The van der Waals surface area contributed by atoms with E-state index >= 15 is 0 Å². The number of rotatable bonds is 6. The Hall–Kier alpha value is -2.91. The second-order valence-electron chi connectivity index (χ2n) is 8.00.